The van der Waals surface area contributed by atoms with Gasteiger partial charge < -0.3 is 34.9 Å². The van der Waals surface area contributed by atoms with Crippen LogP contribution in [0.25, 0.3) is 11.1 Å². The van der Waals surface area contributed by atoms with Crippen LogP contribution in [0.5, 0.6) is 23.1 Å². The number of benzene rings is 1. The molecule has 44 heavy (non-hydrogen) atoms. The van der Waals surface area contributed by atoms with Gasteiger partial charge in [-0.15, -0.1) is 0 Å². The molecule has 11 nitrogen and oxygen atoms in total. The van der Waals surface area contributed by atoms with Gasteiger partial charge in [0.15, 0.2) is 11.5 Å². The number of fused-ring (bicyclic) bond motifs is 3. The molecule has 2 aromatic carbocycles. The van der Waals surface area contributed by atoms with Crippen molar-refractivity contribution in [3.8, 4) is 34.3 Å². The van der Waals surface area contributed by atoms with E-state index in [-0.39, 0.29) is 28.8 Å². The number of amides is 2. The Morgan fingerprint density at radius 1 is 1.00 bits per heavy atom. The molecule has 0 bridgehead atoms. The van der Waals surface area contributed by atoms with E-state index in [1.807, 2.05) is 26.0 Å². The maximum Gasteiger partial charge on any atom is 0.247 e. The Bertz CT molecular complexity index is 1580. The summed E-state index contributed by atoms with van der Waals surface area (Å²) >= 11 is 0. The maximum absolute atomic E-state index is 13.8. The second kappa shape index (κ2) is 14.1. The minimum atomic E-state index is -0.727. The predicted molar refractivity (Wildman–Crippen MR) is 169 cm³/mol. The lowest BCUT2D eigenvalue weighted by atomic mass is 9.95. The van der Waals surface area contributed by atoms with Crippen LogP contribution in [0.2, 0.25) is 0 Å². The predicted octanol–water partition coefficient (Wildman–Crippen LogP) is 4.73. The molecule has 0 fully saturated rings. The van der Waals surface area contributed by atoms with Crippen LogP contribution in [0, 0.1) is 5.92 Å². The molecule has 2 amide bonds. The number of hydrogen-bond acceptors (Lipinski definition) is 9. The molecule has 3 atom stereocenters. The average molecular weight is 605 g/mol. The van der Waals surface area contributed by atoms with Crippen LogP contribution in [0.4, 0.5) is 11.4 Å². The monoisotopic (exact) mass is 604 g/mol. The van der Waals surface area contributed by atoms with E-state index in [0.717, 1.165) is 11.1 Å². The molecule has 1 aromatic heterocycles. The molecule has 1 heterocycles. The number of carbonyl (C=O) groups is 2. The molecule has 1 aliphatic rings. The van der Waals surface area contributed by atoms with Gasteiger partial charge in [-0.05, 0) is 59.7 Å². The van der Waals surface area contributed by atoms with Gasteiger partial charge in [0.1, 0.15) is 6.04 Å². The quantitative estimate of drug-likeness (QED) is 0.284. The number of nitrogens with zero attached hydrogens (tertiary/aromatic N) is 1. The Balaban J connectivity index is 1.83. The number of methoxy groups -OCH3 is 4. The zero-order chi connectivity index (χ0) is 32.0. The smallest absolute Gasteiger partial charge is 0.247 e. The van der Waals surface area contributed by atoms with Gasteiger partial charge in [-0.3, -0.25) is 14.4 Å². The topological polar surface area (TPSA) is 137 Å². The summed E-state index contributed by atoms with van der Waals surface area (Å²) in [4.78, 5) is 43.7. The lowest BCUT2D eigenvalue weighted by molar-refractivity contribution is -0.120. The van der Waals surface area contributed by atoms with Gasteiger partial charge in [-0.1, -0.05) is 26.3 Å². The molecule has 0 saturated heterocycles. The summed E-state index contributed by atoms with van der Waals surface area (Å²) in [5.74, 6) is 1.19. The van der Waals surface area contributed by atoms with Crippen LogP contribution in [0.3, 0.4) is 0 Å². The molecule has 11 heteroatoms. The summed E-state index contributed by atoms with van der Waals surface area (Å²) in [6.07, 6.45) is 3.33. The van der Waals surface area contributed by atoms with E-state index in [9.17, 15) is 14.4 Å². The molecule has 4 rings (SSSR count). The molecule has 0 spiro atoms. The van der Waals surface area contributed by atoms with Crippen molar-refractivity contribution in [3.05, 3.63) is 63.9 Å². The average Bonchev–Trinajstić information content (AvgIpc) is 3.26. The fourth-order valence-corrected chi connectivity index (χ4v) is 5.49. The Kier molecular flexibility index (Phi) is 10.3. The van der Waals surface area contributed by atoms with E-state index in [1.165, 1.54) is 33.4 Å². The van der Waals surface area contributed by atoms with Gasteiger partial charge in [-0.25, -0.2) is 4.98 Å². The van der Waals surface area contributed by atoms with Crippen molar-refractivity contribution in [2.24, 2.45) is 5.92 Å². The highest BCUT2D eigenvalue weighted by molar-refractivity contribution is 5.96. The van der Waals surface area contributed by atoms with Crippen molar-refractivity contribution in [3.63, 3.8) is 0 Å². The van der Waals surface area contributed by atoms with Crippen LogP contribution >= 0.6 is 0 Å². The second-order valence-electron chi connectivity index (χ2n) is 10.7. The summed E-state index contributed by atoms with van der Waals surface area (Å²) in [6.45, 7) is 5.38. The number of hydrogen-bond donors (Lipinski definition) is 3. The molecule has 234 valence electrons. The zero-order valence-corrected chi connectivity index (χ0v) is 26.2. The largest absolute Gasteiger partial charge is 0.493 e. The van der Waals surface area contributed by atoms with Crippen LogP contribution in [0.1, 0.15) is 50.8 Å². The third-order valence-corrected chi connectivity index (χ3v) is 7.94. The third-order valence-electron chi connectivity index (χ3n) is 7.94. The molecule has 3 unspecified atom stereocenters. The summed E-state index contributed by atoms with van der Waals surface area (Å²) in [5, 5.41) is 9.11. The van der Waals surface area contributed by atoms with E-state index in [2.05, 4.69) is 20.9 Å². The summed E-state index contributed by atoms with van der Waals surface area (Å²) in [5.41, 5.74) is 3.43. The first-order chi connectivity index (χ1) is 21.1. The van der Waals surface area contributed by atoms with Crippen molar-refractivity contribution >= 4 is 23.2 Å². The van der Waals surface area contributed by atoms with Crippen LogP contribution in [0.15, 0.2) is 47.4 Å². The van der Waals surface area contributed by atoms with Crippen molar-refractivity contribution < 1.29 is 28.5 Å². The van der Waals surface area contributed by atoms with Crippen molar-refractivity contribution in [1.29, 1.82) is 0 Å². The number of rotatable bonds is 11. The molecule has 0 saturated carbocycles. The number of aryl methyl sites for hydroxylation is 1. The first kappa shape index (κ1) is 32.1. The Morgan fingerprint density at radius 3 is 2.34 bits per heavy atom. The number of anilines is 2. The number of ether oxygens (including phenoxy) is 4. The third kappa shape index (κ3) is 6.72. The van der Waals surface area contributed by atoms with E-state index >= 15 is 0 Å². The van der Waals surface area contributed by atoms with Gasteiger partial charge in [0.25, 0.3) is 0 Å². The molecule has 3 aromatic rings. The lowest BCUT2D eigenvalue weighted by Gasteiger charge is -2.24. The van der Waals surface area contributed by atoms with Crippen molar-refractivity contribution in [2.75, 3.05) is 39.1 Å². The summed E-state index contributed by atoms with van der Waals surface area (Å²) in [6, 6.07) is 9.12. The zero-order valence-electron chi connectivity index (χ0n) is 26.2. The van der Waals surface area contributed by atoms with Crippen LogP contribution < -0.4 is 40.3 Å². The molecule has 0 aliphatic heterocycles. The first-order valence-corrected chi connectivity index (χ1v) is 14.5. The molecule has 3 N–H and O–H groups in total. The maximum atomic E-state index is 13.8. The highest BCUT2D eigenvalue weighted by Gasteiger charge is 2.30. The SMILES string of the molecule is CCC(C)C(Nc1ccc2c(cc1=O)C(NC(C)=O)CCc1cc(OC)c(OC)c(OC)c1-2)C(=O)Nc1ccc(OC)nc1. The van der Waals surface area contributed by atoms with Crippen LogP contribution in [-0.4, -0.2) is 51.3 Å². The van der Waals surface area contributed by atoms with Gasteiger partial charge >= 0.3 is 0 Å². The van der Waals surface area contributed by atoms with Crippen molar-refractivity contribution in [2.45, 2.75) is 52.1 Å². The van der Waals surface area contributed by atoms with Gasteiger partial charge in [0.2, 0.25) is 28.9 Å². The van der Waals surface area contributed by atoms with Gasteiger partial charge in [-0.2, -0.15) is 0 Å². The van der Waals surface area contributed by atoms with E-state index < -0.39 is 12.1 Å². The Hall–Kier alpha value is -4.80. The standard InChI is InChI=1S/C33H40N4O7/c1-8-18(2)30(33(40)36-21-10-14-28(42-5)34-17-21)37-25-13-11-22-23(16-26(25)39)24(35-19(3)38)12-9-20-15-27(41-4)31(43-6)32(44-7)29(20)22/h10-11,13-18,24,30H,8-9,12H2,1-7H3,(H,35,38)(H,36,40)(H,37,39). The molecular weight excluding hydrogens is 564 g/mol. The van der Waals surface area contributed by atoms with Crippen molar-refractivity contribution in [1.82, 2.24) is 10.3 Å². The minimum Gasteiger partial charge on any atom is -0.493 e. The van der Waals surface area contributed by atoms with E-state index in [0.29, 0.717) is 59.2 Å². The lowest BCUT2D eigenvalue weighted by Crippen LogP contribution is -2.40. The van der Waals surface area contributed by atoms with Crippen LogP contribution in [-0.2, 0) is 16.0 Å². The van der Waals surface area contributed by atoms with Gasteiger partial charge in [0, 0.05) is 18.6 Å². The molecule has 1 aliphatic carbocycles. The fraction of sp³-hybridized carbons (Fsp3) is 0.394. The normalized spacial score (nSPS) is 14.9. The summed E-state index contributed by atoms with van der Waals surface area (Å²) < 4.78 is 22.2. The van der Waals surface area contributed by atoms with E-state index in [1.54, 1.807) is 32.4 Å². The van der Waals surface area contributed by atoms with E-state index in [4.69, 9.17) is 18.9 Å². The minimum absolute atomic E-state index is 0.117. The number of pyridine rings is 1. The molecule has 0 radical (unpaired) electrons. The Morgan fingerprint density at radius 2 is 1.75 bits per heavy atom. The summed E-state index contributed by atoms with van der Waals surface area (Å²) in [7, 11) is 6.17. The highest BCUT2D eigenvalue weighted by atomic mass is 16.5. The molecular formula is C33H40N4O7. The Labute approximate surface area is 257 Å². The second-order valence-corrected chi connectivity index (χ2v) is 10.7. The van der Waals surface area contributed by atoms with Gasteiger partial charge in [0.05, 0.1) is 52.1 Å². The number of nitrogens with one attached hydrogen (secondary N) is 3. The highest BCUT2D eigenvalue weighted by Crippen LogP contribution is 2.50. The number of aromatic nitrogens is 1. The fourth-order valence-electron chi connectivity index (χ4n) is 5.49. The number of carbonyl (C=O) groups excluding carboxylic acids is 2. The first-order valence-electron chi connectivity index (χ1n) is 14.5.